The van der Waals surface area contributed by atoms with Crippen molar-refractivity contribution in [1.29, 1.82) is 0 Å². The van der Waals surface area contributed by atoms with Crippen LogP contribution in [0.4, 0.5) is 0 Å². The number of amides is 1. The highest BCUT2D eigenvalue weighted by atomic mass is 32.1. The van der Waals surface area contributed by atoms with Gasteiger partial charge in [-0.3, -0.25) is 9.48 Å². The summed E-state index contributed by atoms with van der Waals surface area (Å²) in [5.41, 5.74) is 2.81. The number of hydrogen-bond acceptors (Lipinski definition) is 4. The molecular formula is C15H20N4OS. The molecule has 0 aromatic carbocycles. The van der Waals surface area contributed by atoms with E-state index in [2.05, 4.69) is 20.8 Å². The summed E-state index contributed by atoms with van der Waals surface area (Å²) in [4.78, 5) is 17.3. The molecule has 0 saturated carbocycles. The van der Waals surface area contributed by atoms with Gasteiger partial charge in [0.15, 0.2) is 0 Å². The maximum Gasteiger partial charge on any atom is 0.220 e. The first-order chi connectivity index (χ1) is 10.3. The Morgan fingerprint density at radius 3 is 3.14 bits per heavy atom. The van der Waals surface area contributed by atoms with Crippen LogP contribution in [0.3, 0.4) is 0 Å². The second-order valence-corrected chi connectivity index (χ2v) is 6.37. The zero-order valence-electron chi connectivity index (χ0n) is 12.0. The predicted molar refractivity (Wildman–Crippen MR) is 82.1 cm³/mol. The van der Waals surface area contributed by atoms with Gasteiger partial charge in [-0.25, -0.2) is 4.98 Å². The van der Waals surface area contributed by atoms with E-state index in [1.807, 2.05) is 11.3 Å². The lowest BCUT2D eigenvalue weighted by molar-refractivity contribution is -0.121. The van der Waals surface area contributed by atoms with Crippen molar-refractivity contribution in [2.75, 3.05) is 0 Å². The van der Waals surface area contributed by atoms with Crippen LogP contribution >= 0.6 is 11.3 Å². The third-order valence-corrected chi connectivity index (χ3v) is 5.02. The van der Waals surface area contributed by atoms with Crippen LogP contribution in [0.15, 0.2) is 18.0 Å². The van der Waals surface area contributed by atoms with Crippen molar-refractivity contribution in [2.45, 2.75) is 51.6 Å². The summed E-state index contributed by atoms with van der Waals surface area (Å²) in [6.07, 6.45) is 9.49. The SMILES string of the molecule is O=C(CCCn1cncn1)NCc1csc2c1CCCC2. The predicted octanol–water partition coefficient (Wildman–Crippen LogP) is 2.32. The van der Waals surface area contributed by atoms with Gasteiger partial charge in [0, 0.05) is 24.4 Å². The Balaban J connectivity index is 1.42. The van der Waals surface area contributed by atoms with E-state index in [0.717, 1.165) is 13.0 Å². The number of carbonyl (C=O) groups excluding carboxylic acids is 1. The number of nitrogens with one attached hydrogen (secondary N) is 1. The van der Waals surface area contributed by atoms with E-state index >= 15 is 0 Å². The van der Waals surface area contributed by atoms with E-state index in [0.29, 0.717) is 13.0 Å². The van der Waals surface area contributed by atoms with Gasteiger partial charge in [-0.15, -0.1) is 11.3 Å². The summed E-state index contributed by atoms with van der Waals surface area (Å²) in [7, 11) is 0. The van der Waals surface area contributed by atoms with Crippen molar-refractivity contribution in [3.05, 3.63) is 34.0 Å². The van der Waals surface area contributed by atoms with E-state index in [-0.39, 0.29) is 5.91 Å². The third-order valence-electron chi connectivity index (χ3n) is 3.88. The highest BCUT2D eigenvalue weighted by Gasteiger charge is 2.15. The molecule has 2 aromatic rings. The summed E-state index contributed by atoms with van der Waals surface area (Å²) in [6.45, 7) is 1.41. The van der Waals surface area contributed by atoms with Crippen molar-refractivity contribution in [2.24, 2.45) is 0 Å². The van der Waals surface area contributed by atoms with Gasteiger partial charge >= 0.3 is 0 Å². The van der Waals surface area contributed by atoms with Crippen LogP contribution in [0, 0.1) is 0 Å². The molecule has 0 fully saturated rings. The van der Waals surface area contributed by atoms with Crippen molar-refractivity contribution in [1.82, 2.24) is 20.1 Å². The highest BCUT2D eigenvalue weighted by Crippen LogP contribution is 2.30. The van der Waals surface area contributed by atoms with Crippen LogP contribution < -0.4 is 5.32 Å². The molecule has 1 N–H and O–H groups in total. The molecule has 112 valence electrons. The number of hydrogen-bond donors (Lipinski definition) is 1. The number of aryl methyl sites for hydroxylation is 2. The zero-order chi connectivity index (χ0) is 14.5. The van der Waals surface area contributed by atoms with Crippen LogP contribution in [-0.2, 0) is 30.7 Å². The fourth-order valence-electron chi connectivity index (χ4n) is 2.74. The standard InChI is InChI=1S/C15H20N4OS/c20-15(6-3-7-19-11-16-10-18-19)17-8-12-9-21-14-5-2-1-4-13(12)14/h9-11H,1-8H2,(H,17,20). The third kappa shape index (κ3) is 3.69. The number of aromatic nitrogens is 3. The Kier molecular flexibility index (Phi) is 4.65. The van der Waals surface area contributed by atoms with E-state index in [9.17, 15) is 4.79 Å². The summed E-state index contributed by atoms with van der Waals surface area (Å²) >= 11 is 1.85. The van der Waals surface area contributed by atoms with Gasteiger partial charge < -0.3 is 5.32 Å². The Hall–Kier alpha value is -1.69. The minimum atomic E-state index is 0.117. The number of carbonyl (C=O) groups is 1. The largest absolute Gasteiger partial charge is 0.352 e. The first kappa shape index (κ1) is 14.3. The molecule has 2 aromatic heterocycles. The van der Waals surface area contributed by atoms with Crippen LogP contribution in [-0.4, -0.2) is 20.7 Å². The van der Waals surface area contributed by atoms with Gasteiger partial charge in [0.1, 0.15) is 12.7 Å². The molecule has 1 amide bonds. The Morgan fingerprint density at radius 1 is 1.38 bits per heavy atom. The Labute approximate surface area is 128 Å². The molecular weight excluding hydrogens is 284 g/mol. The van der Waals surface area contributed by atoms with Crippen LogP contribution in [0.1, 0.15) is 41.7 Å². The quantitative estimate of drug-likeness (QED) is 0.891. The molecule has 5 nitrogen and oxygen atoms in total. The average Bonchev–Trinajstić information content (AvgIpc) is 3.14. The molecule has 0 radical (unpaired) electrons. The number of thiophene rings is 1. The highest BCUT2D eigenvalue weighted by molar-refractivity contribution is 7.10. The molecule has 0 saturated heterocycles. The smallest absolute Gasteiger partial charge is 0.220 e. The summed E-state index contributed by atoms with van der Waals surface area (Å²) in [5, 5.41) is 9.27. The Morgan fingerprint density at radius 2 is 2.29 bits per heavy atom. The van der Waals surface area contributed by atoms with Crippen molar-refractivity contribution >= 4 is 17.2 Å². The topological polar surface area (TPSA) is 59.8 Å². The van der Waals surface area contributed by atoms with Gasteiger partial charge in [-0.1, -0.05) is 0 Å². The summed E-state index contributed by atoms with van der Waals surface area (Å²) in [5.74, 6) is 0.117. The van der Waals surface area contributed by atoms with E-state index in [1.54, 1.807) is 11.0 Å². The Bertz CT molecular complexity index is 591. The van der Waals surface area contributed by atoms with Crippen LogP contribution in [0.25, 0.3) is 0 Å². The number of rotatable bonds is 6. The minimum Gasteiger partial charge on any atom is -0.352 e. The summed E-state index contributed by atoms with van der Waals surface area (Å²) < 4.78 is 1.75. The fraction of sp³-hybridized carbons (Fsp3) is 0.533. The number of fused-ring (bicyclic) bond motifs is 1. The monoisotopic (exact) mass is 304 g/mol. The van der Waals surface area contributed by atoms with Crippen molar-refractivity contribution < 1.29 is 4.79 Å². The first-order valence-electron chi connectivity index (χ1n) is 7.50. The van der Waals surface area contributed by atoms with Gasteiger partial charge in [-0.05, 0) is 48.6 Å². The maximum absolute atomic E-state index is 11.9. The molecule has 0 spiro atoms. The van der Waals surface area contributed by atoms with Gasteiger partial charge in [0.25, 0.3) is 0 Å². The van der Waals surface area contributed by atoms with Crippen LogP contribution in [0.2, 0.25) is 0 Å². The number of nitrogens with zero attached hydrogens (tertiary/aromatic N) is 3. The van der Waals surface area contributed by atoms with Crippen LogP contribution in [0.5, 0.6) is 0 Å². The molecule has 0 unspecified atom stereocenters. The van der Waals surface area contributed by atoms with Crippen molar-refractivity contribution in [3.63, 3.8) is 0 Å². The maximum atomic E-state index is 11.9. The second-order valence-electron chi connectivity index (χ2n) is 5.41. The van der Waals surface area contributed by atoms with Crippen molar-refractivity contribution in [3.8, 4) is 0 Å². The minimum absolute atomic E-state index is 0.117. The van der Waals surface area contributed by atoms with E-state index < -0.39 is 0 Å². The fourth-order valence-corrected chi connectivity index (χ4v) is 3.89. The molecule has 3 rings (SSSR count). The first-order valence-corrected chi connectivity index (χ1v) is 8.38. The summed E-state index contributed by atoms with van der Waals surface area (Å²) in [6, 6.07) is 0. The molecule has 1 aliphatic carbocycles. The van der Waals surface area contributed by atoms with Gasteiger partial charge in [0.2, 0.25) is 5.91 Å². The molecule has 0 aliphatic heterocycles. The lowest BCUT2D eigenvalue weighted by atomic mass is 9.96. The molecule has 1 aliphatic rings. The van der Waals surface area contributed by atoms with E-state index in [1.165, 1.54) is 48.0 Å². The molecule has 0 atom stereocenters. The van der Waals surface area contributed by atoms with Gasteiger partial charge in [0.05, 0.1) is 0 Å². The zero-order valence-corrected chi connectivity index (χ0v) is 12.9. The second kappa shape index (κ2) is 6.85. The molecule has 6 heteroatoms. The average molecular weight is 304 g/mol. The van der Waals surface area contributed by atoms with E-state index in [4.69, 9.17) is 0 Å². The lowest BCUT2D eigenvalue weighted by Gasteiger charge is -2.13. The molecule has 21 heavy (non-hydrogen) atoms. The lowest BCUT2D eigenvalue weighted by Crippen LogP contribution is -2.23. The molecule has 2 heterocycles. The van der Waals surface area contributed by atoms with Gasteiger partial charge in [-0.2, -0.15) is 5.10 Å². The molecule has 0 bridgehead atoms. The normalized spacial score (nSPS) is 13.9.